The Bertz CT molecular complexity index is 920. The van der Waals surface area contributed by atoms with E-state index in [0.717, 1.165) is 30.7 Å². The van der Waals surface area contributed by atoms with Crippen LogP contribution in [0.15, 0.2) is 54.1 Å². The third-order valence-corrected chi connectivity index (χ3v) is 5.82. The Morgan fingerprint density at radius 2 is 1.46 bits per heavy atom. The first kappa shape index (κ1) is 17.0. The molecule has 0 atom stereocenters. The molecule has 0 unspecified atom stereocenters. The van der Waals surface area contributed by atoms with Crippen LogP contribution in [-0.4, -0.2) is 16.7 Å². The average Bonchev–Trinajstić information content (AvgIpc) is 2.67. The molecule has 0 radical (unpaired) electrons. The molecule has 2 aromatic carbocycles. The van der Waals surface area contributed by atoms with E-state index in [2.05, 4.69) is 6.07 Å². The van der Waals surface area contributed by atoms with E-state index in [1.165, 1.54) is 5.56 Å². The number of rotatable bonds is 2. The van der Waals surface area contributed by atoms with Crippen LogP contribution in [0.5, 0.6) is 0 Å². The summed E-state index contributed by atoms with van der Waals surface area (Å²) in [6.07, 6.45) is 3.37. The number of ketones is 2. The minimum absolute atomic E-state index is 0.0172. The molecule has 0 aliphatic heterocycles. The highest BCUT2D eigenvalue weighted by molar-refractivity contribution is 6.52. The minimum atomic E-state index is -0.549. The Labute approximate surface area is 157 Å². The van der Waals surface area contributed by atoms with Gasteiger partial charge >= 0.3 is 0 Å². The van der Waals surface area contributed by atoms with E-state index in [0.29, 0.717) is 22.6 Å². The minimum Gasteiger partial charge on any atom is -0.507 e. The van der Waals surface area contributed by atoms with Crippen LogP contribution in [0.2, 0.25) is 5.02 Å². The van der Waals surface area contributed by atoms with Crippen LogP contribution in [0, 0.1) is 5.92 Å². The van der Waals surface area contributed by atoms with Gasteiger partial charge in [-0.05, 0) is 55.2 Å². The van der Waals surface area contributed by atoms with Crippen LogP contribution in [0.25, 0.3) is 5.76 Å². The standard InChI is InChI=1S/C22H19ClO3/c23-16-5-3-4-15(12-16)13-8-10-14(11-9-13)19-20(24)17-6-1-2-7-18(17)21(25)22(19)26/h1-7,12-14,24H,8-11H2. The van der Waals surface area contributed by atoms with Crippen LogP contribution < -0.4 is 0 Å². The number of carbonyl (C=O) groups excluding carboxylic acids is 2. The highest BCUT2D eigenvalue weighted by Crippen LogP contribution is 2.42. The summed E-state index contributed by atoms with van der Waals surface area (Å²) < 4.78 is 0. The fraction of sp³-hybridized carbons (Fsp3) is 0.273. The average molecular weight is 367 g/mol. The van der Waals surface area contributed by atoms with Crippen molar-refractivity contribution >= 4 is 28.9 Å². The molecule has 0 heterocycles. The van der Waals surface area contributed by atoms with Crippen molar-refractivity contribution in [2.75, 3.05) is 0 Å². The lowest BCUT2D eigenvalue weighted by molar-refractivity contribution is -0.112. The van der Waals surface area contributed by atoms with E-state index in [1.54, 1.807) is 24.3 Å². The SMILES string of the molecule is O=C1C(=O)c2ccccc2C(O)=C1C1CCC(c2cccc(Cl)c2)CC1. The molecule has 132 valence electrons. The molecule has 26 heavy (non-hydrogen) atoms. The van der Waals surface area contributed by atoms with Crippen molar-refractivity contribution in [1.29, 1.82) is 0 Å². The molecule has 4 heteroatoms. The Morgan fingerprint density at radius 1 is 0.808 bits per heavy atom. The molecule has 4 rings (SSSR count). The van der Waals surface area contributed by atoms with Gasteiger partial charge in [0.25, 0.3) is 0 Å². The van der Waals surface area contributed by atoms with E-state index >= 15 is 0 Å². The first-order valence-corrected chi connectivity index (χ1v) is 9.31. The second-order valence-corrected chi connectivity index (χ2v) is 7.51. The van der Waals surface area contributed by atoms with Crippen molar-refractivity contribution in [2.24, 2.45) is 5.92 Å². The quantitative estimate of drug-likeness (QED) is 0.729. The number of aliphatic hydroxyl groups is 1. The third-order valence-electron chi connectivity index (χ3n) is 5.59. The number of hydrogen-bond donors (Lipinski definition) is 1. The van der Waals surface area contributed by atoms with Crippen LogP contribution >= 0.6 is 11.6 Å². The van der Waals surface area contributed by atoms with E-state index in [4.69, 9.17) is 11.6 Å². The van der Waals surface area contributed by atoms with Crippen LogP contribution in [0.4, 0.5) is 0 Å². The third kappa shape index (κ3) is 2.86. The molecule has 1 fully saturated rings. The molecule has 2 aliphatic rings. The Morgan fingerprint density at radius 3 is 2.15 bits per heavy atom. The van der Waals surface area contributed by atoms with Gasteiger partial charge in [-0.1, -0.05) is 48.0 Å². The molecule has 0 aromatic heterocycles. The molecule has 2 aliphatic carbocycles. The van der Waals surface area contributed by atoms with E-state index in [-0.39, 0.29) is 11.7 Å². The fourth-order valence-corrected chi connectivity index (χ4v) is 4.44. The molecule has 3 nitrogen and oxygen atoms in total. The lowest BCUT2D eigenvalue weighted by Gasteiger charge is -2.31. The van der Waals surface area contributed by atoms with Gasteiger partial charge < -0.3 is 5.11 Å². The van der Waals surface area contributed by atoms with Crippen molar-refractivity contribution in [1.82, 2.24) is 0 Å². The number of fused-ring (bicyclic) bond motifs is 1. The van der Waals surface area contributed by atoms with Gasteiger partial charge in [0.2, 0.25) is 11.6 Å². The van der Waals surface area contributed by atoms with E-state index < -0.39 is 11.6 Å². The van der Waals surface area contributed by atoms with E-state index in [1.807, 2.05) is 18.2 Å². The highest BCUT2D eigenvalue weighted by Gasteiger charge is 2.38. The van der Waals surface area contributed by atoms with Crippen molar-refractivity contribution in [2.45, 2.75) is 31.6 Å². The summed E-state index contributed by atoms with van der Waals surface area (Å²) in [5, 5.41) is 11.4. The van der Waals surface area contributed by atoms with Crippen LogP contribution in [0.3, 0.4) is 0 Å². The number of Topliss-reactive ketones (excluding diaryl/α,β-unsaturated/α-hetero) is 2. The molecule has 1 N–H and O–H groups in total. The summed E-state index contributed by atoms with van der Waals surface area (Å²) in [5.41, 5.74) is 2.29. The zero-order chi connectivity index (χ0) is 18.3. The Kier molecular flexibility index (Phi) is 4.41. The fourth-order valence-electron chi connectivity index (χ4n) is 4.24. The molecule has 1 saturated carbocycles. The maximum atomic E-state index is 12.6. The number of carbonyl (C=O) groups is 2. The summed E-state index contributed by atoms with van der Waals surface area (Å²) >= 11 is 6.09. The summed E-state index contributed by atoms with van der Waals surface area (Å²) in [6, 6.07) is 14.7. The Hall–Kier alpha value is -2.39. The Balaban J connectivity index is 1.59. The zero-order valence-corrected chi connectivity index (χ0v) is 15.0. The molecule has 0 bridgehead atoms. The van der Waals surface area contributed by atoms with Crippen LogP contribution in [0.1, 0.15) is 53.1 Å². The number of hydrogen-bond acceptors (Lipinski definition) is 3. The predicted molar refractivity (Wildman–Crippen MR) is 101 cm³/mol. The number of benzene rings is 2. The summed E-state index contributed by atoms with van der Waals surface area (Å²) in [4.78, 5) is 25.0. The molecule has 0 spiro atoms. The smallest absolute Gasteiger partial charge is 0.234 e. The van der Waals surface area contributed by atoms with Gasteiger partial charge in [-0.15, -0.1) is 0 Å². The molecule has 2 aromatic rings. The maximum Gasteiger partial charge on any atom is 0.234 e. The maximum absolute atomic E-state index is 12.6. The largest absolute Gasteiger partial charge is 0.507 e. The van der Waals surface area contributed by atoms with Gasteiger partial charge in [0.15, 0.2) is 0 Å². The van der Waals surface area contributed by atoms with Gasteiger partial charge in [0.1, 0.15) is 5.76 Å². The van der Waals surface area contributed by atoms with Crippen LogP contribution in [-0.2, 0) is 4.79 Å². The van der Waals surface area contributed by atoms with Crippen molar-refractivity contribution in [3.05, 3.63) is 75.8 Å². The van der Waals surface area contributed by atoms with Crippen molar-refractivity contribution in [3.8, 4) is 0 Å². The van der Waals surface area contributed by atoms with Gasteiger partial charge in [-0.25, -0.2) is 0 Å². The van der Waals surface area contributed by atoms with Crippen molar-refractivity contribution < 1.29 is 14.7 Å². The highest BCUT2D eigenvalue weighted by atomic mass is 35.5. The predicted octanol–water partition coefficient (Wildman–Crippen LogP) is 5.35. The second-order valence-electron chi connectivity index (χ2n) is 7.07. The van der Waals surface area contributed by atoms with Gasteiger partial charge in [-0.3, -0.25) is 9.59 Å². The monoisotopic (exact) mass is 366 g/mol. The van der Waals surface area contributed by atoms with Crippen molar-refractivity contribution in [3.63, 3.8) is 0 Å². The summed E-state index contributed by atoms with van der Waals surface area (Å²) in [7, 11) is 0. The zero-order valence-electron chi connectivity index (χ0n) is 14.2. The number of aliphatic hydroxyl groups excluding tert-OH is 1. The first-order valence-electron chi connectivity index (χ1n) is 8.93. The van der Waals surface area contributed by atoms with Gasteiger partial charge in [0, 0.05) is 21.7 Å². The lowest BCUT2D eigenvalue weighted by Crippen LogP contribution is -2.29. The summed E-state index contributed by atoms with van der Waals surface area (Å²) in [5.74, 6) is -0.751. The van der Waals surface area contributed by atoms with Gasteiger partial charge in [-0.2, -0.15) is 0 Å². The first-order chi connectivity index (χ1) is 12.6. The molecular formula is C22H19ClO3. The lowest BCUT2D eigenvalue weighted by atomic mass is 9.72. The van der Waals surface area contributed by atoms with Gasteiger partial charge in [0.05, 0.1) is 0 Å². The summed E-state index contributed by atoms with van der Waals surface area (Å²) in [6.45, 7) is 0. The number of allylic oxidation sites excluding steroid dienone is 1. The van der Waals surface area contributed by atoms with E-state index in [9.17, 15) is 14.7 Å². The molecule has 0 saturated heterocycles. The normalized spacial score (nSPS) is 23.1. The second kappa shape index (κ2) is 6.73. The topological polar surface area (TPSA) is 54.4 Å². The molecular weight excluding hydrogens is 348 g/mol. The number of halogens is 1. The molecule has 0 amide bonds.